The van der Waals surface area contributed by atoms with E-state index in [1.807, 2.05) is 31.2 Å². The summed E-state index contributed by atoms with van der Waals surface area (Å²) < 4.78 is 11.4. The summed E-state index contributed by atoms with van der Waals surface area (Å²) in [6.07, 6.45) is 1.67. The van der Waals surface area contributed by atoms with Gasteiger partial charge in [0.05, 0.1) is 16.5 Å². The molecule has 0 unspecified atom stereocenters. The second kappa shape index (κ2) is 9.00. The van der Waals surface area contributed by atoms with Crippen LogP contribution in [0.25, 0.3) is 17.4 Å². The summed E-state index contributed by atoms with van der Waals surface area (Å²) in [5.41, 5.74) is 1.34. The molecule has 3 aromatic rings. The standard InChI is InChI=1S/C22H16Cl2N2O3S/c1-2-28-19-6-4-3-5-17(19)25-22-26-21(27)20(30-22)12-14-8-10-18(29-14)15-11-13(23)7-9-16(15)24/h3-12H,2H2,1H3,(H,25,26,27). The monoisotopic (exact) mass is 458 g/mol. The van der Waals surface area contributed by atoms with Crippen LogP contribution in [0.3, 0.4) is 0 Å². The van der Waals surface area contributed by atoms with E-state index in [-0.39, 0.29) is 5.91 Å². The molecule has 0 atom stereocenters. The van der Waals surface area contributed by atoms with Gasteiger partial charge in [0.15, 0.2) is 5.17 Å². The van der Waals surface area contributed by atoms with Crippen LogP contribution in [0.4, 0.5) is 5.69 Å². The molecule has 0 saturated carbocycles. The maximum Gasteiger partial charge on any atom is 0.264 e. The van der Waals surface area contributed by atoms with Crippen molar-refractivity contribution in [3.8, 4) is 17.1 Å². The lowest BCUT2D eigenvalue weighted by Gasteiger charge is -2.06. The van der Waals surface area contributed by atoms with E-state index in [1.165, 1.54) is 11.8 Å². The van der Waals surface area contributed by atoms with Crippen molar-refractivity contribution in [1.29, 1.82) is 0 Å². The van der Waals surface area contributed by atoms with Crippen molar-refractivity contribution in [1.82, 2.24) is 5.32 Å². The molecule has 8 heteroatoms. The number of para-hydroxylation sites is 2. The molecule has 0 spiro atoms. The fraction of sp³-hybridized carbons (Fsp3) is 0.0909. The van der Waals surface area contributed by atoms with E-state index < -0.39 is 0 Å². The zero-order valence-corrected chi connectivity index (χ0v) is 18.1. The molecular weight excluding hydrogens is 443 g/mol. The Balaban J connectivity index is 1.57. The van der Waals surface area contributed by atoms with Gasteiger partial charge in [0, 0.05) is 16.7 Å². The fourth-order valence-electron chi connectivity index (χ4n) is 2.81. The van der Waals surface area contributed by atoms with Gasteiger partial charge in [0.2, 0.25) is 0 Å². The van der Waals surface area contributed by atoms with Crippen molar-refractivity contribution < 1.29 is 13.9 Å². The summed E-state index contributed by atoms with van der Waals surface area (Å²) in [5.74, 6) is 1.51. The normalized spacial score (nSPS) is 16.3. The maximum atomic E-state index is 12.4. The van der Waals surface area contributed by atoms with Crippen molar-refractivity contribution in [2.75, 3.05) is 6.61 Å². The minimum atomic E-state index is -0.244. The van der Waals surface area contributed by atoms with Crippen LogP contribution in [0.5, 0.6) is 5.75 Å². The highest BCUT2D eigenvalue weighted by atomic mass is 35.5. The zero-order chi connectivity index (χ0) is 21.1. The molecule has 2 aromatic carbocycles. The number of amides is 1. The van der Waals surface area contributed by atoms with Crippen LogP contribution < -0.4 is 10.1 Å². The number of thioether (sulfide) groups is 1. The molecule has 5 nitrogen and oxygen atoms in total. The van der Waals surface area contributed by atoms with Gasteiger partial charge in [-0.3, -0.25) is 4.79 Å². The predicted octanol–water partition coefficient (Wildman–Crippen LogP) is 6.54. The minimum Gasteiger partial charge on any atom is -0.492 e. The molecule has 30 heavy (non-hydrogen) atoms. The summed E-state index contributed by atoms with van der Waals surface area (Å²) in [6, 6.07) is 16.1. The first-order chi connectivity index (χ1) is 14.5. The molecule has 1 saturated heterocycles. The van der Waals surface area contributed by atoms with Gasteiger partial charge < -0.3 is 14.5 Å². The number of carbonyl (C=O) groups excluding carboxylic acids is 1. The number of rotatable bonds is 5. The van der Waals surface area contributed by atoms with Crippen molar-refractivity contribution in [3.63, 3.8) is 0 Å². The van der Waals surface area contributed by atoms with Gasteiger partial charge in [-0.25, -0.2) is 4.99 Å². The number of halogens is 2. The number of ether oxygens (including phenoxy) is 1. The maximum absolute atomic E-state index is 12.4. The highest BCUT2D eigenvalue weighted by Crippen LogP contribution is 2.35. The third-order valence-corrected chi connectivity index (χ3v) is 5.61. The number of furan rings is 1. The lowest BCUT2D eigenvalue weighted by atomic mass is 10.2. The molecule has 1 aliphatic rings. The van der Waals surface area contributed by atoms with E-state index in [9.17, 15) is 4.79 Å². The average molecular weight is 459 g/mol. The van der Waals surface area contributed by atoms with Crippen LogP contribution >= 0.6 is 35.0 Å². The Morgan fingerprint density at radius 2 is 2.00 bits per heavy atom. The summed E-state index contributed by atoms with van der Waals surface area (Å²) in [6.45, 7) is 2.44. The number of nitrogens with zero attached hydrogens (tertiary/aromatic N) is 1. The van der Waals surface area contributed by atoms with Gasteiger partial charge >= 0.3 is 0 Å². The fourth-order valence-corrected chi connectivity index (χ4v) is 4.01. The van der Waals surface area contributed by atoms with Crippen LogP contribution in [0.2, 0.25) is 10.0 Å². The van der Waals surface area contributed by atoms with E-state index in [1.54, 1.807) is 36.4 Å². The highest BCUT2D eigenvalue weighted by molar-refractivity contribution is 8.18. The molecule has 1 aliphatic heterocycles. The van der Waals surface area contributed by atoms with Crippen LogP contribution in [-0.2, 0) is 4.79 Å². The topological polar surface area (TPSA) is 63.8 Å². The largest absolute Gasteiger partial charge is 0.492 e. The van der Waals surface area contributed by atoms with Crippen molar-refractivity contribution >= 4 is 57.8 Å². The van der Waals surface area contributed by atoms with E-state index in [4.69, 9.17) is 32.4 Å². The minimum absolute atomic E-state index is 0.244. The molecule has 1 N–H and O–H groups in total. The Hall–Kier alpha value is -2.67. The number of benzene rings is 2. The summed E-state index contributed by atoms with van der Waals surface area (Å²) >= 11 is 13.5. The third-order valence-electron chi connectivity index (χ3n) is 4.13. The second-order valence-electron chi connectivity index (χ2n) is 6.21. The molecule has 1 amide bonds. The number of aliphatic imine (C=N–C) groups is 1. The number of hydrogen-bond donors (Lipinski definition) is 1. The number of carbonyl (C=O) groups is 1. The van der Waals surface area contributed by atoms with E-state index >= 15 is 0 Å². The SMILES string of the molecule is CCOc1ccccc1N=C1NC(=O)C(=Cc2ccc(-c3cc(Cl)ccc3Cl)o2)S1. The molecule has 0 radical (unpaired) electrons. The summed E-state index contributed by atoms with van der Waals surface area (Å²) in [4.78, 5) is 17.4. The first-order valence-corrected chi connectivity index (χ1v) is 10.7. The predicted molar refractivity (Wildman–Crippen MR) is 123 cm³/mol. The Bertz CT molecular complexity index is 1170. The molecule has 152 valence electrons. The molecule has 0 bridgehead atoms. The van der Waals surface area contributed by atoms with Gasteiger partial charge in [-0.2, -0.15) is 0 Å². The Morgan fingerprint density at radius 1 is 1.17 bits per heavy atom. The molecule has 2 heterocycles. The lowest BCUT2D eigenvalue weighted by Crippen LogP contribution is -2.19. The van der Waals surface area contributed by atoms with Gasteiger partial charge in [0.25, 0.3) is 5.91 Å². The quantitative estimate of drug-likeness (QED) is 0.440. The molecule has 1 fully saturated rings. The smallest absolute Gasteiger partial charge is 0.264 e. The van der Waals surface area contributed by atoms with Gasteiger partial charge in [0.1, 0.15) is 23.0 Å². The lowest BCUT2D eigenvalue weighted by molar-refractivity contribution is -0.115. The van der Waals surface area contributed by atoms with Gasteiger partial charge in [-0.05, 0) is 61.2 Å². The van der Waals surface area contributed by atoms with E-state index in [0.717, 1.165) is 0 Å². The number of hydrogen-bond acceptors (Lipinski definition) is 5. The Morgan fingerprint density at radius 3 is 2.83 bits per heavy atom. The van der Waals surface area contributed by atoms with Gasteiger partial charge in [-0.1, -0.05) is 35.3 Å². The molecule has 1 aromatic heterocycles. The van der Waals surface area contributed by atoms with Crippen molar-refractivity contribution in [2.45, 2.75) is 6.92 Å². The van der Waals surface area contributed by atoms with Crippen molar-refractivity contribution in [2.24, 2.45) is 4.99 Å². The van der Waals surface area contributed by atoms with Gasteiger partial charge in [-0.15, -0.1) is 0 Å². The van der Waals surface area contributed by atoms with E-state index in [2.05, 4.69) is 10.3 Å². The molecular formula is C22H16Cl2N2O3S. The highest BCUT2D eigenvalue weighted by Gasteiger charge is 2.25. The summed E-state index contributed by atoms with van der Waals surface area (Å²) in [7, 11) is 0. The third kappa shape index (κ3) is 4.56. The Labute approximate surface area is 187 Å². The first-order valence-electron chi connectivity index (χ1n) is 9.10. The van der Waals surface area contributed by atoms with Crippen molar-refractivity contribution in [3.05, 3.63) is 75.3 Å². The Kier molecular flexibility index (Phi) is 6.18. The number of amidine groups is 1. The average Bonchev–Trinajstić information content (AvgIpc) is 3.32. The van der Waals surface area contributed by atoms with Crippen LogP contribution in [0.15, 0.2) is 68.9 Å². The molecule has 0 aliphatic carbocycles. The molecule has 4 rings (SSSR count). The second-order valence-corrected chi connectivity index (χ2v) is 8.08. The van der Waals surface area contributed by atoms with Crippen LogP contribution in [-0.4, -0.2) is 17.7 Å². The first kappa shape index (κ1) is 20.6. The van der Waals surface area contributed by atoms with E-state index in [0.29, 0.717) is 55.2 Å². The number of nitrogens with one attached hydrogen (secondary N) is 1. The summed E-state index contributed by atoms with van der Waals surface area (Å²) in [5, 5.41) is 4.33. The zero-order valence-electron chi connectivity index (χ0n) is 15.8. The van der Waals surface area contributed by atoms with Crippen LogP contribution in [0.1, 0.15) is 12.7 Å². The van der Waals surface area contributed by atoms with Crippen LogP contribution in [0, 0.1) is 0 Å².